The molecule has 3 aromatic rings. The van der Waals surface area contributed by atoms with E-state index in [1.165, 1.54) is 21.8 Å². The summed E-state index contributed by atoms with van der Waals surface area (Å²) in [4.78, 5) is 25.9. The Hall–Kier alpha value is -2.60. The first-order valence-corrected chi connectivity index (χ1v) is 10.6. The zero-order valence-electron chi connectivity index (χ0n) is 16.2. The second-order valence-electron chi connectivity index (χ2n) is 7.66. The summed E-state index contributed by atoms with van der Waals surface area (Å²) in [5.41, 5.74) is 9.49. The number of carbonyl (C=O) groups is 2. The number of nitrogens with zero attached hydrogens (tertiary/aromatic N) is 1. The summed E-state index contributed by atoms with van der Waals surface area (Å²) >= 11 is 1.50. The second kappa shape index (κ2) is 7.43. The maximum absolute atomic E-state index is 12.7. The molecule has 5 nitrogen and oxygen atoms in total. The molecule has 6 heteroatoms. The van der Waals surface area contributed by atoms with Crippen molar-refractivity contribution in [3.8, 4) is 0 Å². The number of amides is 2. The average Bonchev–Trinajstić information content (AvgIpc) is 3.21. The molecule has 4 rings (SSSR count). The van der Waals surface area contributed by atoms with Gasteiger partial charge in [-0.15, -0.1) is 11.3 Å². The fourth-order valence-corrected chi connectivity index (χ4v) is 5.46. The van der Waals surface area contributed by atoms with E-state index in [1.807, 2.05) is 16.8 Å². The van der Waals surface area contributed by atoms with Gasteiger partial charge in [-0.1, -0.05) is 19.9 Å². The standard InChI is InChI=1S/C22H25N3O2S/c1-3-14-5-7-17-15(11-14)8-9-25(17)12-19(26)24-22-20(21(23)27)16-6-4-13(2)10-18(16)28-22/h5,7-9,11,13H,3-4,6,10,12H2,1-2H3,(H2,23,27)(H,24,26). The molecule has 0 spiro atoms. The van der Waals surface area contributed by atoms with Crippen LogP contribution in [0.4, 0.5) is 5.00 Å². The molecule has 28 heavy (non-hydrogen) atoms. The predicted molar refractivity (Wildman–Crippen MR) is 114 cm³/mol. The molecule has 1 aliphatic carbocycles. The normalized spacial score (nSPS) is 16.1. The molecule has 2 aromatic heterocycles. The Morgan fingerprint density at radius 1 is 1.32 bits per heavy atom. The van der Waals surface area contributed by atoms with E-state index in [0.29, 0.717) is 16.5 Å². The number of primary amides is 1. The number of aromatic nitrogens is 1. The maximum Gasteiger partial charge on any atom is 0.251 e. The van der Waals surface area contributed by atoms with Crippen LogP contribution in [-0.4, -0.2) is 16.4 Å². The lowest BCUT2D eigenvalue weighted by molar-refractivity contribution is -0.116. The molecule has 2 heterocycles. The Morgan fingerprint density at radius 2 is 2.14 bits per heavy atom. The SMILES string of the molecule is CCc1ccc2c(ccn2CC(=O)Nc2sc3c(c2C(N)=O)CCC(C)C3)c1. The minimum absolute atomic E-state index is 0.147. The summed E-state index contributed by atoms with van der Waals surface area (Å²) in [7, 11) is 0. The molecular formula is C22H25N3O2S. The van der Waals surface area contributed by atoms with Gasteiger partial charge >= 0.3 is 0 Å². The molecule has 0 radical (unpaired) electrons. The minimum atomic E-state index is -0.458. The van der Waals surface area contributed by atoms with Gasteiger partial charge in [-0.3, -0.25) is 9.59 Å². The number of thiophene rings is 1. The first-order valence-electron chi connectivity index (χ1n) is 9.78. The van der Waals surface area contributed by atoms with Crippen LogP contribution in [0.2, 0.25) is 0 Å². The number of hydrogen-bond donors (Lipinski definition) is 2. The number of hydrogen-bond acceptors (Lipinski definition) is 3. The molecule has 1 atom stereocenters. The Morgan fingerprint density at radius 3 is 2.89 bits per heavy atom. The van der Waals surface area contributed by atoms with Crippen LogP contribution < -0.4 is 11.1 Å². The summed E-state index contributed by atoms with van der Waals surface area (Å²) < 4.78 is 1.93. The number of fused-ring (bicyclic) bond motifs is 2. The van der Waals surface area contributed by atoms with Gasteiger partial charge < -0.3 is 15.6 Å². The van der Waals surface area contributed by atoms with Gasteiger partial charge in [-0.2, -0.15) is 0 Å². The van der Waals surface area contributed by atoms with Crippen LogP contribution in [-0.2, 0) is 30.6 Å². The van der Waals surface area contributed by atoms with Crippen LogP contribution in [0.25, 0.3) is 10.9 Å². The zero-order chi connectivity index (χ0) is 19.8. The maximum atomic E-state index is 12.7. The first-order chi connectivity index (χ1) is 13.5. The summed E-state index contributed by atoms with van der Waals surface area (Å²) in [5, 5.41) is 4.68. The van der Waals surface area contributed by atoms with Gasteiger partial charge in [0.05, 0.1) is 5.56 Å². The minimum Gasteiger partial charge on any atom is -0.365 e. The third-order valence-corrected chi connectivity index (χ3v) is 6.74. The van der Waals surface area contributed by atoms with Gasteiger partial charge in [-0.25, -0.2) is 0 Å². The molecule has 0 saturated heterocycles. The molecule has 146 valence electrons. The zero-order valence-corrected chi connectivity index (χ0v) is 17.1. The van der Waals surface area contributed by atoms with Gasteiger partial charge in [-0.05, 0) is 66.3 Å². The topological polar surface area (TPSA) is 77.1 Å². The summed E-state index contributed by atoms with van der Waals surface area (Å²) in [6.45, 7) is 4.54. The van der Waals surface area contributed by atoms with Crippen molar-refractivity contribution in [2.24, 2.45) is 11.7 Å². The highest BCUT2D eigenvalue weighted by molar-refractivity contribution is 7.17. The number of nitrogens with one attached hydrogen (secondary N) is 1. The van der Waals surface area contributed by atoms with Crippen molar-refractivity contribution < 1.29 is 9.59 Å². The number of nitrogens with two attached hydrogens (primary N) is 1. The van der Waals surface area contributed by atoms with Gasteiger partial charge in [0.1, 0.15) is 11.5 Å². The Kier molecular flexibility index (Phi) is 4.98. The quantitative estimate of drug-likeness (QED) is 0.681. The molecule has 0 fully saturated rings. The highest BCUT2D eigenvalue weighted by atomic mass is 32.1. The number of benzene rings is 1. The lowest BCUT2D eigenvalue weighted by atomic mass is 9.88. The molecule has 0 bridgehead atoms. The van der Waals surface area contributed by atoms with E-state index in [0.717, 1.165) is 42.1 Å². The third-order valence-electron chi connectivity index (χ3n) is 5.57. The fraction of sp³-hybridized carbons (Fsp3) is 0.364. The number of anilines is 1. The van der Waals surface area contributed by atoms with E-state index >= 15 is 0 Å². The average molecular weight is 396 g/mol. The number of aryl methyl sites for hydroxylation is 1. The monoisotopic (exact) mass is 395 g/mol. The second-order valence-corrected chi connectivity index (χ2v) is 8.76. The van der Waals surface area contributed by atoms with Crippen molar-refractivity contribution in [2.75, 3.05) is 5.32 Å². The highest BCUT2D eigenvalue weighted by Gasteiger charge is 2.27. The van der Waals surface area contributed by atoms with Gasteiger partial charge in [0.15, 0.2) is 0 Å². The van der Waals surface area contributed by atoms with Crippen LogP contribution in [0.3, 0.4) is 0 Å². The fourth-order valence-electron chi connectivity index (χ4n) is 4.03. The summed E-state index contributed by atoms with van der Waals surface area (Å²) in [6.07, 6.45) is 5.76. The van der Waals surface area contributed by atoms with Crippen molar-refractivity contribution >= 4 is 39.1 Å². The van der Waals surface area contributed by atoms with E-state index in [9.17, 15) is 9.59 Å². The van der Waals surface area contributed by atoms with Gasteiger partial charge in [0.25, 0.3) is 5.91 Å². The van der Waals surface area contributed by atoms with E-state index < -0.39 is 5.91 Å². The van der Waals surface area contributed by atoms with E-state index in [2.05, 4.69) is 37.4 Å². The lowest BCUT2D eigenvalue weighted by Gasteiger charge is -2.18. The summed E-state index contributed by atoms with van der Waals surface area (Å²) in [5.74, 6) is -0.0123. The van der Waals surface area contributed by atoms with Crippen LogP contribution in [0.1, 0.15) is 46.6 Å². The van der Waals surface area contributed by atoms with Crippen LogP contribution in [0.5, 0.6) is 0 Å². The molecule has 0 aliphatic heterocycles. The van der Waals surface area contributed by atoms with Crippen LogP contribution >= 0.6 is 11.3 Å². The molecule has 1 aromatic carbocycles. The van der Waals surface area contributed by atoms with Crippen molar-refractivity contribution in [1.82, 2.24) is 4.57 Å². The Balaban J connectivity index is 1.57. The van der Waals surface area contributed by atoms with Crippen molar-refractivity contribution in [3.05, 3.63) is 52.0 Å². The van der Waals surface area contributed by atoms with Gasteiger partial charge in [0.2, 0.25) is 5.91 Å². The third kappa shape index (κ3) is 3.44. The van der Waals surface area contributed by atoms with Gasteiger partial charge in [0, 0.05) is 16.6 Å². The molecule has 1 unspecified atom stereocenters. The molecular weight excluding hydrogens is 370 g/mol. The first kappa shape index (κ1) is 18.7. The van der Waals surface area contributed by atoms with Crippen molar-refractivity contribution in [3.63, 3.8) is 0 Å². The van der Waals surface area contributed by atoms with E-state index in [-0.39, 0.29) is 12.5 Å². The largest absolute Gasteiger partial charge is 0.365 e. The van der Waals surface area contributed by atoms with E-state index in [4.69, 9.17) is 5.73 Å². The van der Waals surface area contributed by atoms with Crippen LogP contribution in [0.15, 0.2) is 30.5 Å². The summed E-state index contributed by atoms with van der Waals surface area (Å²) in [6, 6.07) is 8.34. The Bertz CT molecular complexity index is 1060. The molecule has 1 aliphatic rings. The number of carbonyl (C=O) groups excluding carboxylic acids is 2. The molecule has 2 amide bonds. The van der Waals surface area contributed by atoms with Crippen molar-refractivity contribution in [1.29, 1.82) is 0 Å². The predicted octanol–water partition coefficient (Wildman–Crippen LogP) is 4.13. The molecule has 0 saturated carbocycles. The Labute approximate surface area is 168 Å². The lowest BCUT2D eigenvalue weighted by Crippen LogP contribution is -2.21. The smallest absolute Gasteiger partial charge is 0.251 e. The van der Waals surface area contributed by atoms with Crippen LogP contribution in [0, 0.1) is 5.92 Å². The van der Waals surface area contributed by atoms with E-state index in [1.54, 1.807) is 0 Å². The highest BCUT2D eigenvalue weighted by Crippen LogP contribution is 2.39. The molecule has 3 N–H and O–H groups in total. The van der Waals surface area contributed by atoms with Crippen molar-refractivity contribution in [2.45, 2.75) is 46.1 Å². The number of rotatable bonds is 5.